The van der Waals surface area contributed by atoms with Crippen LogP contribution in [0.5, 0.6) is 0 Å². The van der Waals surface area contributed by atoms with Crippen molar-refractivity contribution in [3.05, 3.63) is 29.8 Å². The van der Waals surface area contributed by atoms with E-state index in [0.29, 0.717) is 6.54 Å². The van der Waals surface area contributed by atoms with E-state index in [1.54, 1.807) is 12.1 Å². The molecule has 1 amide bonds. The van der Waals surface area contributed by atoms with Crippen molar-refractivity contribution in [2.75, 3.05) is 12.8 Å². The topological polar surface area (TPSA) is 74.7 Å². The molecule has 0 unspecified atom stereocenters. The number of hydrogen-bond acceptors (Lipinski definition) is 3. The van der Waals surface area contributed by atoms with Crippen LogP contribution in [0.25, 0.3) is 0 Å². The van der Waals surface area contributed by atoms with E-state index in [1.807, 2.05) is 0 Å². The van der Waals surface area contributed by atoms with Crippen molar-refractivity contribution in [1.82, 2.24) is 4.90 Å². The van der Waals surface area contributed by atoms with Crippen LogP contribution in [0.2, 0.25) is 0 Å². The molecule has 1 saturated carbocycles. The van der Waals surface area contributed by atoms with Gasteiger partial charge in [-0.3, -0.25) is 0 Å². The van der Waals surface area contributed by atoms with Crippen molar-refractivity contribution < 1.29 is 18.3 Å². The lowest BCUT2D eigenvalue weighted by molar-refractivity contribution is 0.132. The zero-order chi connectivity index (χ0) is 15.0. The second kappa shape index (κ2) is 5.09. The molecule has 2 rings (SSSR count). The Hall–Kier alpha value is -1.56. The Bertz CT molecular complexity index is 603. The summed E-state index contributed by atoms with van der Waals surface area (Å²) in [4.78, 5) is 12.9. The lowest BCUT2D eigenvalue weighted by Gasteiger charge is -2.23. The highest BCUT2D eigenvalue weighted by atomic mass is 32.2. The predicted octanol–water partition coefficient (Wildman–Crippen LogP) is 2.37. The van der Waals surface area contributed by atoms with Gasteiger partial charge < -0.3 is 10.0 Å². The average Bonchev–Trinajstić information content (AvgIpc) is 3.06. The zero-order valence-electron chi connectivity index (χ0n) is 11.7. The molecule has 6 heteroatoms. The summed E-state index contributed by atoms with van der Waals surface area (Å²) in [5.41, 5.74) is 0.912. The highest BCUT2D eigenvalue weighted by Gasteiger charge is 2.39. The number of nitrogens with zero attached hydrogens (tertiary/aromatic N) is 1. The standard InChI is InChI=1S/C14H19NO4S/c1-14(7-8-14)10-15(13(16)17)9-11-3-5-12(6-4-11)20(2,18)19/h3-6H,7-10H2,1-2H3,(H,16,17). The molecule has 5 nitrogen and oxygen atoms in total. The number of hydrogen-bond donors (Lipinski definition) is 1. The number of carbonyl (C=O) groups is 1. The summed E-state index contributed by atoms with van der Waals surface area (Å²) in [6.45, 7) is 2.89. The van der Waals surface area contributed by atoms with Crippen LogP contribution in [0.15, 0.2) is 29.2 Å². The van der Waals surface area contributed by atoms with Crippen molar-refractivity contribution in [3.63, 3.8) is 0 Å². The lowest BCUT2D eigenvalue weighted by Crippen LogP contribution is -2.33. The highest BCUT2D eigenvalue weighted by Crippen LogP contribution is 2.45. The first kappa shape index (κ1) is 14.8. The Morgan fingerprint density at radius 3 is 2.25 bits per heavy atom. The molecule has 0 atom stereocenters. The predicted molar refractivity (Wildman–Crippen MR) is 75.3 cm³/mol. The number of benzene rings is 1. The first-order valence-electron chi connectivity index (χ1n) is 6.47. The summed E-state index contributed by atoms with van der Waals surface area (Å²) in [5.74, 6) is 0. The van der Waals surface area contributed by atoms with Crippen LogP contribution < -0.4 is 0 Å². The third-order valence-corrected chi connectivity index (χ3v) is 4.80. The number of sulfone groups is 1. The molecular weight excluding hydrogens is 278 g/mol. The molecule has 0 aliphatic heterocycles. The molecule has 20 heavy (non-hydrogen) atoms. The van der Waals surface area contributed by atoms with E-state index in [9.17, 15) is 18.3 Å². The molecule has 0 heterocycles. The third kappa shape index (κ3) is 3.72. The van der Waals surface area contributed by atoms with Crippen LogP contribution in [-0.4, -0.2) is 37.3 Å². The van der Waals surface area contributed by atoms with Gasteiger partial charge in [0.2, 0.25) is 0 Å². The van der Waals surface area contributed by atoms with Crippen molar-refractivity contribution in [3.8, 4) is 0 Å². The maximum Gasteiger partial charge on any atom is 0.407 e. The van der Waals surface area contributed by atoms with Gasteiger partial charge in [-0.15, -0.1) is 0 Å². The summed E-state index contributed by atoms with van der Waals surface area (Å²) in [5, 5.41) is 9.24. The molecule has 0 spiro atoms. The number of amides is 1. The van der Waals surface area contributed by atoms with Crippen LogP contribution in [0, 0.1) is 5.41 Å². The van der Waals surface area contributed by atoms with Gasteiger partial charge in [-0.2, -0.15) is 0 Å². The summed E-state index contributed by atoms with van der Waals surface area (Å²) >= 11 is 0. The zero-order valence-corrected chi connectivity index (χ0v) is 12.5. The van der Waals surface area contributed by atoms with Crippen LogP contribution in [0.4, 0.5) is 4.79 Å². The fourth-order valence-corrected chi connectivity index (χ4v) is 2.72. The smallest absolute Gasteiger partial charge is 0.407 e. The van der Waals surface area contributed by atoms with Crippen LogP contribution in [0.1, 0.15) is 25.3 Å². The summed E-state index contributed by atoms with van der Waals surface area (Å²) in [6, 6.07) is 6.37. The molecule has 0 radical (unpaired) electrons. The normalized spacial score (nSPS) is 16.7. The molecule has 1 aromatic carbocycles. The van der Waals surface area contributed by atoms with E-state index in [2.05, 4.69) is 6.92 Å². The molecule has 0 saturated heterocycles. The summed E-state index contributed by atoms with van der Waals surface area (Å²) in [7, 11) is -3.21. The van der Waals surface area contributed by atoms with Gasteiger partial charge in [0.1, 0.15) is 0 Å². The van der Waals surface area contributed by atoms with Gasteiger partial charge in [-0.1, -0.05) is 19.1 Å². The Balaban J connectivity index is 2.09. The first-order chi connectivity index (χ1) is 9.20. The quantitative estimate of drug-likeness (QED) is 0.905. The first-order valence-corrected chi connectivity index (χ1v) is 8.36. The van der Waals surface area contributed by atoms with Crippen LogP contribution in [-0.2, 0) is 16.4 Å². The molecular formula is C14H19NO4S. The number of rotatable bonds is 5. The van der Waals surface area contributed by atoms with E-state index in [1.165, 1.54) is 17.0 Å². The molecule has 1 aliphatic carbocycles. The minimum Gasteiger partial charge on any atom is -0.465 e. The van der Waals surface area contributed by atoms with Gasteiger partial charge in [-0.05, 0) is 36.0 Å². The molecule has 0 aromatic heterocycles. The van der Waals surface area contributed by atoms with Gasteiger partial charge in [0, 0.05) is 19.3 Å². The van der Waals surface area contributed by atoms with Crippen LogP contribution in [0.3, 0.4) is 0 Å². The van der Waals surface area contributed by atoms with Gasteiger partial charge in [0.05, 0.1) is 4.90 Å². The van der Waals surface area contributed by atoms with E-state index in [4.69, 9.17) is 0 Å². The van der Waals surface area contributed by atoms with Gasteiger partial charge in [-0.25, -0.2) is 13.2 Å². The molecule has 1 aliphatic rings. The molecule has 1 aromatic rings. The third-order valence-electron chi connectivity index (χ3n) is 3.67. The van der Waals surface area contributed by atoms with Crippen molar-refractivity contribution >= 4 is 15.9 Å². The Morgan fingerprint density at radius 2 is 1.85 bits per heavy atom. The van der Waals surface area contributed by atoms with Crippen molar-refractivity contribution in [2.24, 2.45) is 5.41 Å². The van der Waals surface area contributed by atoms with Crippen molar-refractivity contribution in [2.45, 2.75) is 31.2 Å². The largest absolute Gasteiger partial charge is 0.465 e. The SMILES string of the molecule is CC1(CN(Cc2ccc(S(C)(=O)=O)cc2)C(=O)O)CC1. The van der Waals surface area contributed by atoms with E-state index in [-0.39, 0.29) is 16.9 Å². The highest BCUT2D eigenvalue weighted by molar-refractivity contribution is 7.90. The Kier molecular flexibility index (Phi) is 3.77. The maximum atomic E-state index is 11.4. The van der Waals surface area contributed by atoms with E-state index in [0.717, 1.165) is 24.7 Å². The van der Waals surface area contributed by atoms with Crippen LogP contribution >= 0.6 is 0 Å². The second-order valence-electron chi connectivity index (χ2n) is 5.87. The molecule has 1 N–H and O–H groups in total. The fourth-order valence-electron chi connectivity index (χ4n) is 2.09. The fraction of sp³-hybridized carbons (Fsp3) is 0.500. The molecule has 0 bridgehead atoms. The van der Waals surface area contributed by atoms with E-state index < -0.39 is 15.9 Å². The number of carboxylic acid groups (broad SMARTS) is 1. The minimum atomic E-state index is -3.21. The van der Waals surface area contributed by atoms with Crippen molar-refractivity contribution in [1.29, 1.82) is 0 Å². The summed E-state index contributed by atoms with van der Waals surface area (Å²) in [6.07, 6.45) is 2.33. The average molecular weight is 297 g/mol. The van der Waals surface area contributed by atoms with Gasteiger partial charge >= 0.3 is 6.09 Å². The Morgan fingerprint density at radius 1 is 1.30 bits per heavy atom. The molecule has 1 fully saturated rings. The lowest BCUT2D eigenvalue weighted by atomic mass is 10.1. The minimum absolute atomic E-state index is 0.116. The van der Waals surface area contributed by atoms with Gasteiger partial charge in [0.15, 0.2) is 9.84 Å². The summed E-state index contributed by atoms with van der Waals surface area (Å²) < 4.78 is 22.7. The maximum absolute atomic E-state index is 11.4. The van der Waals surface area contributed by atoms with Gasteiger partial charge in [0.25, 0.3) is 0 Å². The Labute approximate surface area is 119 Å². The molecule has 110 valence electrons. The van der Waals surface area contributed by atoms with E-state index >= 15 is 0 Å². The monoisotopic (exact) mass is 297 g/mol. The second-order valence-corrected chi connectivity index (χ2v) is 7.88.